The summed E-state index contributed by atoms with van der Waals surface area (Å²) in [6, 6.07) is 16.6. The number of hydrogen-bond acceptors (Lipinski definition) is 5. The number of ether oxygens (including phenoxy) is 1. The number of anilines is 1. The number of amides is 3. The summed E-state index contributed by atoms with van der Waals surface area (Å²) in [7, 11) is 1.72. The van der Waals surface area contributed by atoms with E-state index in [2.05, 4.69) is 15.6 Å². The Balaban J connectivity index is 1.56. The van der Waals surface area contributed by atoms with Crippen molar-refractivity contribution in [1.29, 1.82) is 0 Å². The molecule has 196 valence electrons. The van der Waals surface area contributed by atoms with E-state index in [0.717, 1.165) is 29.2 Å². The fraction of sp³-hybridized carbons (Fsp3) is 0.357. The zero-order valence-electron chi connectivity index (χ0n) is 21.2. The number of benzene rings is 2. The first-order valence-corrected chi connectivity index (χ1v) is 12.7. The summed E-state index contributed by atoms with van der Waals surface area (Å²) >= 11 is 6.23. The van der Waals surface area contributed by atoms with Gasteiger partial charge in [0.2, 0.25) is 11.8 Å². The van der Waals surface area contributed by atoms with Crippen LogP contribution in [0.2, 0.25) is 5.02 Å². The predicted octanol–water partition coefficient (Wildman–Crippen LogP) is 5.20. The maximum atomic E-state index is 13.0. The number of halogens is 1. The first-order chi connectivity index (χ1) is 17.8. The largest absolute Gasteiger partial charge is 0.447 e. The van der Waals surface area contributed by atoms with E-state index in [1.54, 1.807) is 30.3 Å². The normalized spacial score (nSPS) is 11.5. The number of unbranched alkanes of at least 4 members (excludes halogenated alkanes) is 1. The van der Waals surface area contributed by atoms with Crippen molar-refractivity contribution < 1.29 is 19.1 Å². The molecule has 1 heterocycles. The highest BCUT2D eigenvalue weighted by Gasteiger charge is 2.22. The average molecular weight is 525 g/mol. The van der Waals surface area contributed by atoms with Crippen LogP contribution in [0.1, 0.15) is 38.2 Å². The predicted molar refractivity (Wildman–Crippen MR) is 146 cm³/mol. The lowest BCUT2D eigenvalue weighted by molar-refractivity contribution is -0.133. The van der Waals surface area contributed by atoms with Crippen LogP contribution < -0.4 is 10.6 Å². The summed E-state index contributed by atoms with van der Waals surface area (Å²) in [6.07, 6.45) is 3.99. The highest BCUT2D eigenvalue weighted by atomic mass is 35.5. The summed E-state index contributed by atoms with van der Waals surface area (Å²) < 4.78 is 5.49. The van der Waals surface area contributed by atoms with Crippen molar-refractivity contribution in [2.75, 3.05) is 25.5 Å². The topological polar surface area (TPSA) is 101 Å². The number of fused-ring (bicyclic) bond motifs is 1. The summed E-state index contributed by atoms with van der Waals surface area (Å²) in [4.78, 5) is 42.5. The lowest BCUT2D eigenvalue weighted by Gasteiger charge is -2.28. The van der Waals surface area contributed by atoms with Crippen molar-refractivity contribution >= 4 is 46.1 Å². The van der Waals surface area contributed by atoms with Crippen LogP contribution in [0.5, 0.6) is 0 Å². The second-order valence-corrected chi connectivity index (χ2v) is 9.28. The number of nitrogens with one attached hydrogen (secondary N) is 2. The molecule has 0 spiro atoms. The molecule has 1 aromatic heterocycles. The van der Waals surface area contributed by atoms with Gasteiger partial charge in [-0.1, -0.05) is 54.1 Å². The zero-order chi connectivity index (χ0) is 26.6. The zero-order valence-corrected chi connectivity index (χ0v) is 22.0. The number of aromatic nitrogens is 1. The van der Waals surface area contributed by atoms with Gasteiger partial charge in [-0.25, -0.2) is 9.78 Å². The summed E-state index contributed by atoms with van der Waals surface area (Å²) in [5.74, 6) is 0.248. The van der Waals surface area contributed by atoms with Crippen LogP contribution in [0.3, 0.4) is 0 Å². The van der Waals surface area contributed by atoms with Gasteiger partial charge in [0.25, 0.3) is 0 Å². The molecule has 0 unspecified atom stereocenters. The molecule has 9 heteroatoms. The third kappa shape index (κ3) is 9.06. The van der Waals surface area contributed by atoms with Gasteiger partial charge in [0.1, 0.15) is 12.4 Å². The number of likely N-dealkylation sites (N-methyl/N-ethyl adjacent to an activating group) is 1. The molecule has 0 aliphatic rings. The van der Waals surface area contributed by atoms with Crippen molar-refractivity contribution in [3.05, 3.63) is 71.4 Å². The van der Waals surface area contributed by atoms with Crippen LogP contribution in [-0.4, -0.2) is 54.0 Å². The Kier molecular flexibility index (Phi) is 10.7. The monoisotopic (exact) mass is 524 g/mol. The van der Waals surface area contributed by atoms with Crippen LogP contribution >= 0.6 is 11.6 Å². The van der Waals surface area contributed by atoms with Crippen molar-refractivity contribution in [1.82, 2.24) is 15.2 Å². The van der Waals surface area contributed by atoms with Gasteiger partial charge in [0.05, 0.1) is 6.04 Å². The molecular formula is C28H33ClN4O4. The Morgan fingerprint density at radius 1 is 1.05 bits per heavy atom. The first kappa shape index (κ1) is 27.9. The van der Waals surface area contributed by atoms with Gasteiger partial charge >= 0.3 is 6.09 Å². The van der Waals surface area contributed by atoms with Gasteiger partial charge in [0.15, 0.2) is 0 Å². The lowest BCUT2D eigenvalue weighted by Crippen LogP contribution is -2.41. The molecule has 0 radical (unpaired) electrons. The Bertz CT molecular complexity index is 1220. The smallest absolute Gasteiger partial charge is 0.412 e. The van der Waals surface area contributed by atoms with E-state index in [-0.39, 0.29) is 30.9 Å². The van der Waals surface area contributed by atoms with Crippen molar-refractivity contribution in [3.63, 3.8) is 0 Å². The lowest BCUT2D eigenvalue weighted by atomic mass is 10.1. The molecule has 3 aromatic rings. The third-order valence-electron chi connectivity index (χ3n) is 6.11. The van der Waals surface area contributed by atoms with Gasteiger partial charge in [-0.3, -0.25) is 14.9 Å². The SMILES string of the molecule is CC(=O)NCCCC[C@@H](COC(=O)Nc1cc2ccccc2cn1)N(C)C(=O)CCc1ccccc1Cl. The highest BCUT2D eigenvalue weighted by molar-refractivity contribution is 6.31. The van der Waals surface area contributed by atoms with E-state index in [0.29, 0.717) is 30.2 Å². The molecule has 8 nitrogen and oxygen atoms in total. The number of carbonyl (C=O) groups is 3. The molecule has 0 saturated heterocycles. The van der Waals surface area contributed by atoms with Crippen molar-refractivity contribution in [2.24, 2.45) is 0 Å². The fourth-order valence-corrected chi connectivity index (χ4v) is 4.18. The molecule has 37 heavy (non-hydrogen) atoms. The molecule has 0 aliphatic heterocycles. The molecule has 3 rings (SSSR count). The maximum Gasteiger partial charge on any atom is 0.412 e. The van der Waals surface area contributed by atoms with Crippen LogP contribution in [0, 0.1) is 0 Å². The Hall–Kier alpha value is -3.65. The Morgan fingerprint density at radius 2 is 1.78 bits per heavy atom. The number of aryl methyl sites for hydroxylation is 1. The molecule has 1 atom stereocenters. The van der Waals surface area contributed by atoms with Crippen LogP contribution in [0.15, 0.2) is 60.8 Å². The van der Waals surface area contributed by atoms with Gasteiger partial charge in [-0.05, 0) is 48.8 Å². The summed E-state index contributed by atoms with van der Waals surface area (Å²) in [6.45, 7) is 2.07. The van der Waals surface area contributed by atoms with Crippen molar-refractivity contribution in [3.8, 4) is 0 Å². The Morgan fingerprint density at radius 3 is 2.54 bits per heavy atom. The van der Waals surface area contributed by atoms with E-state index in [9.17, 15) is 14.4 Å². The van der Waals surface area contributed by atoms with E-state index >= 15 is 0 Å². The number of hydrogen-bond donors (Lipinski definition) is 2. The third-order valence-corrected chi connectivity index (χ3v) is 6.48. The van der Waals surface area contributed by atoms with Gasteiger partial charge in [-0.15, -0.1) is 0 Å². The molecule has 0 aliphatic carbocycles. The maximum absolute atomic E-state index is 13.0. The van der Waals surface area contributed by atoms with E-state index in [1.807, 2.05) is 42.5 Å². The molecule has 2 aromatic carbocycles. The van der Waals surface area contributed by atoms with Gasteiger partial charge < -0.3 is 15.0 Å². The number of nitrogens with zero attached hydrogens (tertiary/aromatic N) is 2. The first-order valence-electron chi connectivity index (χ1n) is 12.4. The van der Waals surface area contributed by atoms with E-state index < -0.39 is 6.09 Å². The minimum atomic E-state index is -0.636. The summed E-state index contributed by atoms with van der Waals surface area (Å²) in [5.41, 5.74) is 0.913. The van der Waals surface area contributed by atoms with Crippen LogP contribution in [0.25, 0.3) is 10.8 Å². The van der Waals surface area contributed by atoms with Gasteiger partial charge in [-0.2, -0.15) is 0 Å². The van der Waals surface area contributed by atoms with Crippen molar-refractivity contribution in [2.45, 2.75) is 45.1 Å². The number of rotatable bonds is 12. The minimum Gasteiger partial charge on any atom is -0.447 e. The quantitative estimate of drug-likeness (QED) is 0.317. The highest BCUT2D eigenvalue weighted by Crippen LogP contribution is 2.19. The van der Waals surface area contributed by atoms with Crippen LogP contribution in [0.4, 0.5) is 10.6 Å². The second-order valence-electron chi connectivity index (χ2n) is 8.87. The number of pyridine rings is 1. The number of carbonyl (C=O) groups excluding carboxylic acids is 3. The minimum absolute atomic E-state index is 0.0356. The van der Waals surface area contributed by atoms with E-state index in [4.69, 9.17) is 16.3 Å². The molecule has 3 amide bonds. The fourth-order valence-electron chi connectivity index (χ4n) is 3.95. The van der Waals surface area contributed by atoms with Gasteiger partial charge in [0, 0.05) is 43.5 Å². The average Bonchev–Trinajstić information content (AvgIpc) is 2.89. The molecule has 0 bridgehead atoms. The molecular weight excluding hydrogens is 492 g/mol. The molecule has 0 fully saturated rings. The Labute approximate surface area is 222 Å². The standard InChI is InChI=1S/C28H33ClN4O4/c1-20(34)30-16-8-7-12-24(33(2)27(35)15-14-21-9-5-6-13-25(21)29)19-37-28(36)32-26-17-22-10-3-4-11-23(22)18-31-26/h3-6,9-11,13,17-18,24H,7-8,12,14-16,19H2,1-2H3,(H,30,34)(H,31,32,36)/t24-/m0/s1. The molecule has 0 saturated carbocycles. The second kappa shape index (κ2) is 14.2. The summed E-state index contributed by atoms with van der Waals surface area (Å²) in [5, 5.41) is 7.99. The molecule has 2 N–H and O–H groups in total. The van der Waals surface area contributed by atoms with E-state index in [1.165, 1.54) is 6.92 Å². The van der Waals surface area contributed by atoms with Crippen LogP contribution in [-0.2, 0) is 20.7 Å².